The highest BCUT2D eigenvalue weighted by Gasteiger charge is 1.99. The van der Waals surface area contributed by atoms with Gasteiger partial charge in [0.25, 0.3) is 0 Å². The van der Waals surface area contributed by atoms with Crippen LogP contribution in [0.5, 0.6) is 0 Å². The standard InChI is InChI=1S/C9H17NO2.C7H7Cl/c1-4-9(11)12-8-7-10(5-2)6-3;8-6-7-4-2-1-3-5-7/h4H,1,5-8H2,2-3H3;1-5H,6H2. The van der Waals surface area contributed by atoms with Crippen molar-refractivity contribution in [3.05, 3.63) is 48.6 Å². The number of rotatable bonds is 7. The Morgan fingerprint density at radius 2 is 1.90 bits per heavy atom. The Morgan fingerprint density at radius 1 is 1.30 bits per heavy atom. The quantitative estimate of drug-likeness (QED) is 0.438. The SMILES string of the molecule is C=CC(=O)OCCN(CC)CC.ClCc1ccccc1. The normalized spacial score (nSPS) is 9.60. The molecular weight excluding hydrogens is 274 g/mol. The van der Waals surface area contributed by atoms with Crippen LogP contribution in [0.25, 0.3) is 0 Å². The van der Waals surface area contributed by atoms with Gasteiger partial charge in [0.05, 0.1) is 0 Å². The Labute approximate surface area is 127 Å². The van der Waals surface area contributed by atoms with E-state index in [4.69, 9.17) is 16.3 Å². The lowest BCUT2D eigenvalue weighted by atomic mass is 10.2. The minimum Gasteiger partial charge on any atom is -0.461 e. The number of benzene rings is 1. The van der Waals surface area contributed by atoms with Gasteiger partial charge in [-0.3, -0.25) is 0 Å². The lowest BCUT2D eigenvalue weighted by molar-refractivity contribution is -0.138. The Bertz CT molecular complexity index is 364. The number of nitrogens with zero attached hydrogens (tertiary/aromatic N) is 1. The molecule has 0 aliphatic carbocycles. The number of ether oxygens (including phenoxy) is 1. The van der Waals surface area contributed by atoms with Crippen LogP contribution in [0.3, 0.4) is 0 Å². The van der Waals surface area contributed by atoms with Crippen molar-refractivity contribution in [1.29, 1.82) is 0 Å². The number of halogens is 1. The molecule has 0 aliphatic heterocycles. The number of esters is 1. The molecule has 0 radical (unpaired) electrons. The van der Waals surface area contributed by atoms with Gasteiger partial charge in [0, 0.05) is 18.5 Å². The van der Waals surface area contributed by atoms with Gasteiger partial charge in [-0.25, -0.2) is 4.79 Å². The van der Waals surface area contributed by atoms with Gasteiger partial charge in [-0.05, 0) is 18.7 Å². The summed E-state index contributed by atoms with van der Waals surface area (Å²) in [5, 5.41) is 0. The molecule has 112 valence electrons. The van der Waals surface area contributed by atoms with E-state index in [0.717, 1.165) is 19.6 Å². The highest BCUT2D eigenvalue weighted by Crippen LogP contribution is 2.00. The van der Waals surface area contributed by atoms with Crippen LogP contribution in [0, 0.1) is 0 Å². The topological polar surface area (TPSA) is 29.5 Å². The van der Waals surface area contributed by atoms with Crippen molar-refractivity contribution in [2.75, 3.05) is 26.2 Å². The molecule has 20 heavy (non-hydrogen) atoms. The molecule has 0 saturated heterocycles. The number of carbonyl (C=O) groups is 1. The number of alkyl halides is 1. The van der Waals surface area contributed by atoms with E-state index in [1.54, 1.807) is 0 Å². The van der Waals surface area contributed by atoms with E-state index in [0.29, 0.717) is 12.5 Å². The second-order valence-corrected chi connectivity index (χ2v) is 4.28. The second kappa shape index (κ2) is 12.7. The number of hydrogen-bond donors (Lipinski definition) is 0. The first kappa shape index (κ1) is 18.7. The molecule has 0 amide bonds. The molecule has 0 unspecified atom stereocenters. The zero-order valence-corrected chi connectivity index (χ0v) is 13.1. The maximum absolute atomic E-state index is 10.6. The average Bonchev–Trinajstić information content (AvgIpc) is 2.52. The molecule has 0 spiro atoms. The molecule has 0 aliphatic rings. The van der Waals surface area contributed by atoms with Crippen molar-refractivity contribution in [1.82, 2.24) is 4.90 Å². The third-order valence-corrected chi connectivity index (χ3v) is 3.02. The average molecular weight is 298 g/mol. The second-order valence-electron chi connectivity index (χ2n) is 4.02. The van der Waals surface area contributed by atoms with Gasteiger partial charge in [-0.2, -0.15) is 0 Å². The molecule has 0 N–H and O–H groups in total. The van der Waals surface area contributed by atoms with Crippen molar-refractivity contribution < 1.29 is 9.53 Å². The lowest BCUT2D eigenvalue weighted by Gasteiger charge is -2.16. The van der Waals surface area contributed by atoms with Crippen LogP contribution < -0.4 is 0 Å². The number of hydrogen-bond acceptors (Lipinski definition) is 3. The monoisotopic (exact) mass is 297 g/mol. The minimum atomic E-state index is -0.345. The van der Waals surface area contributed by atoms with E-state index in [9.17, 15) is 4.79 Å². The van der Waals surface area contributed by atoms with Gasteiger partial charge in [0.2, 0.25) is 0 Å². The van der Waals surface area contributed by atoms with Crippen molar-refractivity contribution in [2.45, 2.75) is 19.7 Å². The molecule has 0 fully saturated rings. The predicted molar refractivity (Wildman–Crippen MR) is 84.9 cm³/mol. The first-order valence-electron chi connectivity index (χ1n) is 6.79. The van der Waals surface area contributed by atoms with Crippen LogP contribution in [-0.4, -0.2) is 37.1 Å². The van der Waals surface area contributed by atoms with Gasteiger partial charge < -0.3 is 9.64 Å². The third-order valence-electron chi connectivity index (χ3n) is 2.71. The van der Waals surface area contributed by atoms with Crippen LogP contribution in [0.4, 0.5) is 0 Å². The summed E-state index contributed by atoms with van der Waals surface area (Å²) < 4.78 is 4.83. The Balaban J connectivity index is 0.000000388. The largest absolute Gasteiger partial charge is 0.461 e. The van der Waals surface area contributed by atoms with Gasteiger partial charge in [0.15, 0.2) is 0 Å². The Hall–Kier alpha value is -1.32. The van der Waals surface area contributed by atoms with E-state index < -0.39 is 0 Å². The zero-order chi connectivity index (χ0) is 15.2. The van der Waals surface area contributed by atoms with Crippen LogP contribution >= 0.6 is 11.6 Å². The fraction of sp³-hybridized carbons (Fsp3) is 0.438. The molecule has 3 nitrogen and oxygen atoms in total. The molecule has 4 heteroatoms. The molecule has 0 saturated carbocycles. The Morgan fingerprint density at radius 3 is 2.30 bits per heavy atom. The van der Waals surface area contributed by atoms with E-state index in [2.05, 4.69) is 25.3 Å². The molecule has 1 rings (SSSR count). The van der Waals surface area contributed by atoms with Crippen LogP contribution in [0.1, 0.15) is 19.4 Å². The van der Waals surface area contributed by atoms with E-state index in [1.807, 2.05) is 30.3 Å². The summed E-state index contributed by atoms with van der Waals surface area (Å²) in [5.74, 6) is 0.267. The van der Waals surface area contributed by atoms with Gasteiger partial charge in [-0.15, -0.1) is 11.6 Å². The molecule has 1 aromatic carbocycles. The van der Waals surface area contributed by atoms with Crippen molar-refractivity contribution in [3.63, 3.8) is 0 Å². The molecule has 0 atom stereocenters. The predicted octanol–water partition coefficient (Wildman–Crippen LogP) is 3.48. The molecule has 0 heterocycles. The summed E-state index contributed by atoms with van der Waals surface area (Å²) in [6.07, 6.45) is 1.18. The molecule has 0 bridgehead atoms. The van der Waals surface area contributed by atoms with Gasteiger partial charge >= 0.3 is 5.97 Å². The maximum atomic E-state index is 10.6. The summed E-state index contributed by atoms with van der Waals surface area (Å²) in [4.78, 5) is 12.8. The highest BCUT2D eigenvalue weighted by molar-refractivity contribution is 6.17. The maximum Gasteiger partial charge on any atom is 0.330 e. The highest BCUT2D eigenvalue weighted by atomic mass is 35.5. The summed E-state index contributed by atoms with van der Waals surface area (Å²) >= 11 is 5.53. The minimum absolute atomic E-state index is 0.345. The van der Waals surface area contributed by atoms with Gasteiger partial charge in [0.1, 0.15) is 6.61 Å². The van der Waals surface area contributed by atoms with Crippen LogP contribution in [-0.2, 0) is 15.4 Å². The van der Waals surface area contributed by atoms with E-state index >= 15 is 0 Å². The number of carbonyl (C=O) groups excluding carboxylic acids is 1. The summed E-state index contributed by atoms with van der Waals surface area (Å²) in [6.45, 7) is 10.7. The molecular formula is C16H24ClNO2. The van der Waals surface area contributed by atoms with Crippen LogP contribution in [0.15, 0.2) is 43.0 Å². The Kier molecular flexibility index (Phi) is 11.9. The smallest absolute Gasteiger partial charge is 0.330 e. The van der Waals surface area contributed by atoms with Gasteiger partial charge in [-0.1, -0.05) is 50.8 Å². The molecule has 0 aromatic heterocycles. The van der Waals surface area contributed by atoms with Crippen LogP contribution in [0.2, 0.25) is 0 Å². The fourth-order valence-corrected chi connectivity index (χ4v) is 1.62. The van der Waals surface area contributed by atoms with E-state index in [-0.39, 0.29) is 5.97 Å². The van der Waals surface area contributed by atoms with Crippen molar-refractivity contribution in [2.24, 2.45) is 0 Å². The van der Waals surface area contributed by atoms with Crippen molar-refractivity contribution >= 4 is 17.6 Å². The summed E-state index contributed by atoms with van der Waals surface area (Å²) in [5.41, 5.74) is 1.18. The van der Waals surface area contributed by atoms with Crippen molar-refractivity contribution in [3.8, 4) is 0 Å². The first-order valence-corrected chi connectivity index (χ1v) is 7.32. The first-order chi connectivity index (χ1) is 9.67. The lowest BCUT2D eigenvalue weighted by Crippen LogP contribution is -2.27. The third kappa shape index (κ3) is 9.59. The number of likely N-dealkylation sites (N-methyl/N-ethyl adjacent to an activating group) is 1. The zero-order valence-electron chi connectivity index (χ0n) is 12.3. The fourth-order valence-electron chi connectivity index (χ4n) is 1.44. The summed E-state index contributed by atoms with van der Waals surface area (Å²) in [7, 11) is 0. The van der Waals surface area contributed by atoms with E-state index in [1.165, 1.54) is 11.6 Å². The molecule has 1 aromatic rings. The summed E-state index contributed by atoms with van der Waals surface area (Å²) in [6, 6.07) is 9.96.